The van der Waals surface area contributed by atoms with E-state index in [-0.39, 0.29) is 5.78 Å². The van der Waals surface area contributed by atoms with Crippen LogP contribution in [0.1, 0.15) is 15.9 Å². The number of rotatable bonds is 5. The summed E-state index contributed by atoms with van der Waals surface area (Å²) in [5.74, 6) is 0.837. The highest BCUT2D eigenvalue weighted by Gasteiger charge is 2.09. The van der Waals surface area contributed by atoms with Crippen LogP contribution < -0.4 is 4.74 Å². The molecule has 2 nitrogen and oxygen atoms in total. The standard InChI is InChI=1S/C20H16O2/c1-2-12-22-19-11-10-16-13-18(9-8-17(16)14-19)20(21)15-6-4-3-5-7-15/h2-11,13-14H,1,12H2. The molecule has 0 aliphatic heterocycles. The van der Waals surface area contributed by atoms with Gasteiger partial charge >= 0.3 is 0 Å². The SMILES string of the molecule is C=CCOc1ccc2cc(C(=O)c3ccccc3)ccc2c1. The summed E-state index contributed by atoms with van der Waals surface area (Å²) in [7, 11) is 0. The maximum atomic E-state index is 12.5. The van der Waals surface area contributed by atoms with Crippen molar-refractivity contribution in [2.45, 2.75) is 0 Å². The summed E-state index contributed by atoms with van der Waals surface area (Å²) in [6.45, 7) is 4.12. The highest BCUT2D eigenvalue weighted by Crippen LogP contribution is 2.23. The Kier molecular flexibility index (Phi) is 4.01. The number of ether oxygens (including phenoxy) is 1. The largest absolute Gasteiger partial charge is 0.490 e. The van der Waals surface area contributed by atoms with Gasteiger partial charge in [-0.25, -0.2) is 0 Å². The minimum absolute atomic E-state index is 0.0366. The minimum atomic E-state index is 0.0366. The van der Waals surface area contributed by atoms with E-state index in [0.29, 0.717) is 17.7 Å². The lowest BCUT2D eigenvalue weighted by atomic mass is 10.00. The van der Waals surface area contributed by atoms with Crippen LogP contribution in [0, 0.1) is 0 Å². The average Bonchev–Trinajstić information content (AvgIpc) is 2.59. The molecule has 0 bridgehead atoms. The molecule has 2 heteroatoms. The van der Waals surface area contributed by atoms with Gasteiger partial charge in [-0.1, -0.05) is 61.2 Å². The fourth-order valence-electron chi connectivity index (χ4n) is 2.37. The van der Waals surface area contributed by atoms with Gasteiger partial charge in [-0.3, -0.25) is 4.79 Å². The molecule has 0 amide bonds. The molecule has 0 heterocycles. The van der Waals surface area contributed by atoms with Crippen LogP contribution in [0.25, 0.3) is 10.8 Å². The number of carbonyl (C=O) groups is 1. The lowest BCUT2D eigenvalue weighted by Crippen LogP contribution is -2.00. The Labute approximate surface area is 129 Å². The Hall–Kier alpha value is -2.87. The van der Waals surface area contributed by atoms with Gasteiger partial charge in [-0.15, -0.1) is 0 Å². The molecule has 22 heavy (non-hydrogen) atoms. The molecule has 0 fully saturated rings. The van der Waals surface area contributed by atoms with Crippen LogP contribution in [0.15, 0.2) is 79.4 Å². The van der Waals surface area contributed by atoms with Gasteiger partial charge in [0.2, 0.25) is 0 Å². The molecular formula is C20H16O2. The molecule has 0 saturated carbocycles. The van der Waals surface area contributed by atoms with E-state index >= 15 is 0 Å². The normalized spacial score (nSPS) is 10.4. The molecule has 3 aromatic rings. The topological polar surface area (TPSA) is 26.3 Å². The monoisotopic (exact) mass is 288 g/mol. The maximum Gasteiger partial charge on any atom is 0.193 e. The average molecular weight is 288 g/mol. The van der Waals surface area contributed by atoms with E-state index in [1.807, 2.05) is 66.7 Å². The number of carbonyl (C=O) groups excluding carboxylic acids is 1. The highest BCUT2D eigenvalue weighted by atomic mass is 16.5. The Balaban J connectivity index is 1.93. The van der Waals surface area contributed by atoms with Gasteiger partial charge in [0, 0.05) is 11.1 Å². The molecule has 0 aromatic heterocycles. The lowest BCUT2D eigenvalue weighted by Gasteiger charge is -2.07. The fourth-order valence-corrected chi connectivity index (χ4v) is 2.37. The number of hydrogen-bond donors (Lipinski definition) is 0. The third-order valence-corrected chi connectivity index (χ3v) is 3.48. The number of benzene rings is 3. The van der Waals surface area contributed by atoms with Crippen molar-refractivity contribution in [1.29, 1.82) is 0 Å². The molecule has 0 saturated heterocycles. The minimum Gasteiger partial charge on any atom is -0.490 e. The van der Waals surface area contributed by atoms with E-state index in [0.717, 1.165) is 16.5 Å². The molecular weight excluding hydrogens is 272 g/mol. The van der Waals surface area contributed by atoms with Crippen LogP contribution in [0.2, 0.25) is 0 Å². The molecule has 3 rings (SSSR count). The van der Waals surface area contributed by atoms with Gasteiger partial charge in [-0.2, -0.15) is 0 Å². The van der Waals surface area contributed by atoms with Crippen LogP contribution >= 0.6 is 0 Å². The molecule has 108 valence electrons. The van der Waals surface area contributed by atoms with Crippen molar-refractivity contribution >= 4 is 16.6 Å². The van der Waals surface area contributed by atoms with E-state index in [9.17, 15) is 4.79 Å². The first-order chi connectivity index (χ1) is 10.8. The van der Waals surface area contributed by atoms with E-state index < -0.39 is 0 Å². The molecule has 0 aliphatic rings. The second kappa shape index (κ2) is 6.27. The van der Waals surface area contributed by atoms with Crippen LogP contribution in [-0.4, -0.2) is 12.4 Å². The van der Waals surface area contributed by atoms with E-state index in [2.05, 4.69) is 6.58 Å². The van der Waals surface area contributed by atoms with Crippen molar-refractivity contribution in [3.8, 4) is 5.75 Å². The van der Waals surface area contributed by atoms with Crippen molar-refractivity contribution in [1.82, 2.24) is 0 Å². The molecule has 0 radical (unpaired) electrons. The van der Waals surface area contributed by atoms with Crippen molar-refractivity contribution in [2.24, 2.45) is 0 Å². The van der Waals surface area contributed by atoms with Crippen molar-refractivity contribution in [3.05, 3.63) is 90.5 Å². The van der Waals surface area contributed by atoms with Gasteiger partial charge in [0.05, 0.1) is 0 Å². The third kappa shape index (κ3) is 2.91. The summed E-state index contributed by atoms with van der Waals surface area (Å²) in [5, 5.41) is 2.07. The van der Waals surface area contributed by atoms with Gasteiger partial charge in [0.15, 0.2) is 5.78 Å². The second-order valence-corrected chi connectivity index (χ2v) is 5.02. The quantitative estimate of drug-likeness (QED) is 0.505. The first-order valence-corrected chi connectivity index (χ1v) is 7.15. The smallest absolute Gasteiger partial charge is 0.193 e. The van der Waals surface area contributed by atoms with Crippen molar-refractivity contribution in [3.63, 3.8) is 0 Å². The van der Waals surface area contributed by atoms with Crippen LogP contribution in [-0.2, 0) is 0 Å². The molecule has 0 spiro atoms. The second-order valence-electron chi connectivity index (χ2n) is 5.02. The lowest BCUT2D eigenvalue weighted by molar-refractivity contribution is 0.103. The van der Waals surface area contributed by atoms with Gasteiger partial charge in [0.25, 0.3) is 0 Å². The third-order valence-electron chi connectivity index (χ3n) is 3.48. The van der Waals surface area contributed by atoms with E-state index in [4.69, 9.17) is 4.74 Å². The summed E-state index contributed by atoms with van der Waals surface area (Å²) in [6.07, 6.45) is 1.71. The van der Waals surface area contributed by atoms with Crippen LogP contribution in [0.3, 0.4) is 0 Å². The first kappa shape index (κ1) is 14.1. The van der Waals surface area contributed by atoms with E-state index in [1.165, 1.54) is 0 Å². The van der Waals surface area contributed by atoms with E-state index in [1.54, 1.807) is 6.08 Å². The molecule has 0 atom stereocenters. The predicted octanol–water partition coefficient (Wildman–Crippen LogP) is 4.64. The predicted molar refractivity (Wildman–Crippen MR) is 89.5 cm³/mol. The molecule has 3 aromatic carbocycles. The zero-order chi connectivity index (χ0) is 15.4. The summed E-state index contributed by atoms with van der Waals surface area (Å²) < 4.78 is 5.53. The fraction of sp³-hybridized carbons (Fsp3) is 0.0500. The summed E-state index contributed by atoms with van der Waals surface area (Å²) in [4.78, 5) is 12.5. The maximum absolute atomic E-state index is 12.5. The summed E-state index contributed by atoms with van der Waals surface area (Å²) in [6, 6.07) is 20.9. The Morgan fingerprint density at radius 2 is 1.64 bits per heavy atom. The number of fused-ring (bicyclic) bond motifs is 1. The van der Waals surface area contributed by atoms with Crippen LogP contribution in [0.5, 0.6) is 5.75 Å². The number of hydrogen-bond acceptors (Lipinski definition) is 2. The van der Waals surface area contributed by atoms with Gasteiger partial charge < -0.3 is 4.74 Å². The highest BCUT2D eigenvalue weighted by molar-refractivity contribution is 6.10. The summed E-state index contributed by atoms with van der Waals surface area (Å²) >= 11 is 0. The Bertz CT molecular complexity index is 819. The summed E-state index contributed by atoms with van der Waals surface area (Å²) in [5.41, 5.74) is 1.39. The van der Waals surface area contributed by atoms with Crippen LogP contribution in [0.4, 0.5) is 0 Å². The molecule has 0 aliphatic carbocycles. The number of ketones is 1. The molecule has 0 unspecified atom stereocenters. The van der Waals surface area contributed by atoms with Gasteiger partial charge in [0.1, 0.15) is 12.4 Å². The zero-order valence-corrected chi connectivity index (χ0v) is 12.2. The Morgan fingerprint density at radius 3 is 2.41 bits per heavy atom. The zero-order valence-electron chi connectivity index (χ0n) is 12.2. The van der Waals surface area contributed by atoms with Gasteiger partial charge in [-0.05, 0) is 29.0 Å². The molecule has 0 N–H and O–H groups in total. The van der Waals surface area contributed by atoms with Crippen molar-refractivity contribution < 1.29 is 9.53 Å². The first-order valence-electron chi connectivity index (χ1n) is 7.15. The Morgan fingerprint density at radius 1 is 0.909 bits per heavy atom. The van der Waals surface area contributed by atoms with Crippen molar-refractivity contribution in [2.75, 3.05) is 6.61 Å².